The molecule has 0 saturated carbocycles. The lowest BCUT2D eigenvalue weighted by Gasteiger charge is -2.01. The number of benzene rings is 1. The van der Waals surface area contributed by atoms with Crippen LogP contribution in [0.15, 0.2) is 54.9 Å². The van der Waals surface area contributed by atoms with E-state index < -0.39 is 0 Å². The van der Waals surface area contributed by atoms with Crippen molar-refractivity contribution in [3.8, 4) is 0 Å². The highest BCUT2D eigenvalue weighted by molar-refractivity contribution is 7.13. The molecule has 0 unspecified atom stereocenters. The molecule has 0 bridgehead atoms. The lowest BCUT2D eigenvalue weighted by molar-refractivity contribution is 0.646. The van der Waals surface area contributed by atoms with Gasteiger partial charge < -0.3 is 11.1 Å². The van der Waals surface area contributed by atoms with Crippen molar-refractivity contribution >= 4 is 21.6 Å². The molecule has 0 atom stereocenters. The zero-order valence-corrected chi connectivity index (χ0v) is 12.7. The van der Waals surface area contributed by atoms with Crippen LogP contribution in [0.25, 0.3) is 10.1 Å². The summed E-state index contributed by atoms with van der Waals surface area (Å²) in [5.74, 6) is 0. The summed E-state index contributed by atoms with van der Waals surface area (Å²) >= 11 is 1.54. The molecule has 2 heterocycles. The Hall–Kier alpha value is -1.82. The van der Waals surface area contributed by atoms with Crippen LogP contribution in [0.4, 0.5) is 0 Å². The van der Waals surface area contributed by atoms with Crippen molar-refractivity contribution in [2.24, 2.45) is 5.73 Å². The molecule has 0 aliphatic rings. The fourth-order valence-corrected chi connectivity index (χ4v) is 2.40. The molecule has 0 aliphatic carbocycles. The molecule has 0 aliphatic heterocycles. The number of pyridine rings is 1. The van der Waals surface area contributed by atoms with Crippen LogP contribution >= 0.6 is 11.5 Å². The third kappa shape index (κ3) is 5.59. The predicted octanol–water partition coefficient (Wildman–Crippen LogP) is 2.82. The molecule has 110 valence electrons. The Morgan fingerprint density at radius 2 is 1.95 bits per heavy atom. The van der Waals surface area contributed by atoms with E-state index in [9.17, 15) is 0 Å². The Morgan fingerprint density at radius 3 is 2.71 bits per heavy atom. The number of nitrogens with two attached hydrogens (primary N) is 1. The number of rotatable bonds is 5. The number of nitrogens with zero attached hydrogens (tertiary/aromatic N) is 2. The molecule has 3 rings (SSSR count). The van der Waals surface area contributed by atoms with Crippen LogP contribution in [0.2, 0.25) is 0 Å². The van der Waals surface area contributed by atoms with Crippen molar-refractivity contribution in [1.29, 1.82) is 0 Å². The Morgan fingerprint density at radius 1 is 1.10 bits per heavy atom. The fraction of sp³-hybridized carbons (Fsp3) is 0.250. The van der Waals surface area contributed by atoms with Gasteiger partial charge in [-0.25, -0.2) is 0 Å². The number of fused-ring (bicyclic) bond motifs is 1. The van der Waals surface area contributed by atoms with Gasteiger partial charge in [-0.3, -0.25) is 4.98 Å². The van der Waals surface area contributed by atoms with Crippen LogP contribution in [0, 0.1) is 0 Å². The van der Waals surface area contributed by atoms with Gasteiger partial charge in [0, 0.05) is 24.3 Å². The molecular weight excluding hydrogens is 280 g/mol. The molecule has 0 spiro atoms. The minimum Gasteiger partial charge on any atom is -0.330 e. The van der Waals surface area contributed by atoms with Gasteiger partial charge >= 0.3 is 0 Å². The quantitative estimate of drug-likeness (QED) is 0.711. The Bertz CT molecular complexity index is 594. The molecule has 0 amide bonds. The molecule has 3 aromatic rings. The van der Waals surface area contributed by atoms with Crippen molar-refractivity contribution < 1.29 is 0 Å². The monoisotopic (exact) mass is 300 g/mol. The summed E-state index contributed by atoms with van der Waals surface area (Å²) in [7, 11) is 0. The SMILES string of the molecule is NCCCNCc1ccccn1.c1ccc2sncc2c1. The number of hydrogen-bond acceptors (Lipinski definition) is 5. The highest BCUT2D eigenvalue weighted by atomic mass is 32.1. The van der Waals surface area contributed by atoms with Crippen molar-refractivity contribution in [3.05, 3.63) is 60.6 Å². The predicted molar refractivity (Wildman–Crippen MR) is 89.2 cm³/mol. The van der Waals surface area contributed by atoms with Crippen LogP contribution in [0.5, 0.6) is 0 Å². The molecule has 21 heavy (non-hydrogen) atoms. The molecule has 1 aromatic carbocycles. The molecule has 5 heteroatoms. The van der Waals surface area contributed by atoms with E-state index in [0.717, 1.165) is 31.7 Å². The molecule has 3 N–H and O–H groups in total. The topological polar surface area (TPSA) is 63.8 Å². The maximum atomic E-state index is 5.35. The van der Waals surface area contributed by atoms with Gasteiger partial charge in [0.2, 0.25) is 0 Å². The van der Waals surface area contributed by atoms with E-state index in [4.69, 9.17) is 5.73 Å². The lowest BCUT2D eigenvalue weighted by atomic mass is 10.3. The normalized spacial score (nSPS) is 10.1. The first-order valence-electron chi connectivity index (χ1n) is 7.00. The smallest absolute Gasteiger partial charge is 0.0549 e. The second-order valence-corrected chi connectivity index (χ2v) is 5.34. The van der Waals surface area contributed by atoms with Crippen LogP contribution < -0.4 is 11.1 Å². The van der Waals surface area contributed by atoms with Crippen molar-refractivity contribution in [3.63, 3.8) is 0 Å². The number of nitrogens with one attached hydrogen (secondary N) is 1. The molecule has 4 nitrogen and oxygen atoms in total. The van der Waals surface area contributed by atoms with E-state index in [1.165, 1.54) is 21.6 Å². The number of aromatic nitrogens is 2. The van der Waals surface area contributed by atoms with Crippen LogP contribution in [-0.2, 0) is 6.54 Å². The van der Waals surface area contributed by atoms with Crippen LogP contribution in [-0.4, -0.2) is 22.4 Å². The maximum Gasteiger partial charge on any atom is 0.0549 e. The van der Waals surface area contributed by atoms with Gasteiger partial charge in [0.05, 0.1) is 10.4 Å². The van der Waals surface area contributed by atoms with Gasteiger partial charge in [-0.2, -0.15) is 4.37 Å². The van der Waals surface area contributed by atoms with Gasteiger partial charge in [0.1, 0.15) is 0 Å². The number of hydrogen-bond donors (Lipinski definition) is 2. The lowest BCUT2D eigenvalue weighted by Crippen LogP contribution is -2.18. The van der Waals surface area contributed by atoms with E-state index in [-0.39, 0.29) is 0 Å². The highest BCUT2D eigenvalue weighted by Crippen LogP contribution is 2.15. The van der Waals surface area contributed by atoms with Crippen molar-refractivity contribution in [1.82, 2.24) is 14.7 Å². The van der Waals surface area contributed by atoms with E-state index in [1.807, 2.05) is 36.5 Å². The van der Waals surface area contributed by atoms with Crippen molar-refractivity contribution in [2.45, 2.75) is 13.0 Å². The highest BCUT2D eigenvalue weighted by Gasteiger charge is 1.90. The minimum absolute atomic E-state index is 0.745. The summed E-state index contributed by atoms with van der Waals surface area (Å²) in [5, 5.41) is 4.50. The summed E-state index contributed by atoms with van der Waals surface area (Å²) in [5.41, 5.74) is 6.43. The van der Waals surface area contributed by atoms with E-state index in [1.54, 1.807) is 6.20 Å². The summed E-state index contributed by atoms with van der Waals surface area (Å²) in [6.45, 7) is 2.54. The maximum absolute atomic E-state index is 5.35. The molecule has 0 saturated heterocycles. The third-order valence-corrected chi connectivity index (χ3v) is 3.63. The van der Waals surface area contributed by atoms with Gasteiger partial charge in [0.15, 0.2) is 0 Å². The van der Waals surface area contributed by atoms with Crippen molar-refractivity contribution in [2.75, 3.05) is 13.1 Å². The van der Waals surface area contributed by atoms with Gasteiger partial charge in [-0.15, -0.1) is 0 Å². The van der Waals surface area contributed by atoms with Gasteiger partial charge in [0.25, 0.3) is 0 Å². The molecular formula is C16H20N4S. The van der Waals surface area contributed by atoms with E-state index in [2.05, 4.69) is 26.8 Å². The second kappa shape index (κ2) is 9.18. The summed E-state index contributed by atoms with van der Waals surface area (Å²) < 4.78 is 5.30. The average Bonchev–Trinajstić information content (AvgIpc) is 3.02. The van der Waals surface area contributed by atoms with Crippen LogP contribution in [0.1, 0.15) is 12.1 Å². The van der Waals surface area contributed by atoms with Gasteiger partial charge in [-0.1, -0.05) is 24.3 Å². The van der Waals surface area contributed by atoms with Crippen LogP contribution in [0.3, 0.4) is 0 Å². The first kappa shape index (κ1) is 15.6. The summed E-state index contributed by atoms with van der Waals surface area (Å²) in [6, 6.07) is 14.1. The van der Waals surface area contributed by atoms with E-state index >= 15 is 0 Å². The first-order valence-corrected chi connectivity index (χ1v) is 7.77. The Balaban J connectivity index is 0.000000159. The largest absolute Gasteiger partial charge is 0.330 e. The van der Waals surface area contributed by atoms with E-state index in [0.29, 0.717) is 0 Å². The molecule has 0 radical (unpaired) electrons. The Labute approximate surface area is 129 Å². The summed E-state index contributed by atoms with van der Waals surface area (Å²) in [6.07, 6.45) is 4.72. The van der Waals surface area contributed by atoms with Gasteiger partial charge in [-0.05, 0) is 49.2 Å². The average molecular weight is 300 g/mol. The standard InChI is InChI=1S/C9H15N3.C7H5NS/c10-5-3-6-11-8-9-4-1-2-7-12-9;1-2-4-7-6(3-1)5-8-9-7/h1-2,4,7,11H,3,5-6,8,10H2;1-5H. The Kier molecular flexibility index (Phi) is 6.80. The zero-order chi connectivity index (χ0) is 14.8. The molecule has 2 aromatic heterocycles. The summed E-state index contributed by atoms with van der Waals surface area (Å²) in [4.78, 5) is 4.18. The fourth-order valence-electron chi connectivity index (χ4n) is 1.76. The first-order chi connectivity index (χ1) is 10.4. The molecule has 0 fully saturated rings. The zero-order valence-electron chi connectivity index (χ0n) is 11.9. The second-order valence-electron chi connectivity index (χ2n) is 4.50. The third-order valence-electron chi connectivity index (χ3n) is 2.85. The minimum atomic E-state index is 0.745.